The van der Waals surface area contributed by atoms with Gasteiger partial charge >= 0.3 is 0 Å². The maximum Gasteiger partial charge on any atom is 0.255 e. The molecule has 9 heteroatoms. The minimum Gasteiger partial charge on any atom is -0.491 e. The van der Waals surface area contributed by atoms with E-state index in [9.17, 15) is 9.59 Å². The van der Waals surface area contributed by atoms with Crippen LogP contribution >= 0.6 is 0 Å². The third-order valence-corrected chi connectivity index (χ3v) is 7.70. The van der Waals surface area contributed by atoms with E-state index in [2.05, 4.69) is 38.0 Å². The number of carbonyl (C=O) groups is 2. The first kappa shape index (κ1) is 25.2. The summed E-state index contributed by atoms with van der Waals surface area (Å²) in [5.74, 6) is 1.43. The van der Waals surface area contributed by atoms with Crippen molar-refractivity contribution in [3.8, 4) is 5.75 Å². The summed E-state index contributed by atoms with van der Waals surface area (Å²) in [5.41, 5.74) is 2.20. The van der Waals surface area contributed by atoms with Gasteiger partial charge in [0.05, 0.1) is 17.0 Å². The molecule has 0 bridgehead atoms. The van der Waals surface area contributed by atoms with Gasteiger partial charge in [-0.1, -0.05) is 24.6 Å². The number of nitrogens with one attached hydrogen (secondary N) is 2. The minimum absolute atomic E-state index is 0.118. The molecular formula is C28H36N6O3. The Labute approximate surface area is 217 Å². The predicted octanol–water partition coefficient (Wildman–Crippen LogP) is 3.12. The first-order chi connectivity index (χ1) is 17.9. The summed E-state index contributed by atoms with van der Waals surface area (Å²) < 4.78 is 7.98. The molecule has 0 radical (unpaired) electrons. The van der Waals surface area contributed by atoms with Crippen LogP contribution in [0.2, 0.25) is 0 Å². The maximum absolute atomic E-state index is 13.6. The SMILES string of the molecule is Cc1nnc2ccc(CN3CCC4(CCCCNC(=O)c5ccccc5OC[C@@H](C)NC4=O)CC3)cn12. The standard InChI is InChI=1S/C28H36N6O3/c1-20-19-37-24-8-4-3-7-23(24)26(35)29-14-6-5-11-28(27(36)30-20)12-15-33(16-13-28)17-22-9-10-25-32-31-21(2)34(25)18-22/h3-4,7-10,18,20H,5-6,11-17,19H2,1-2H3,(H,29,35)(H,30,36)/t20-/m1/s1. The Kier molecular flexibility index (Phi) is 7.41. The molecule has 0 unspecified atom stereocenters. The first-order valence-electron chi connectivity index (χ1n) is 13.3. The third-order valence-electron chi connectivity index (χ3n) is 7.70. The van der Waals surface area contributed by atoms with E-state index in [1.54, 1.807) is 12.1 Å². The summed E-state index contributed by atoms with van der Waals surface area (Å²) in [4.78, 5) is 28.7. The van der Waals surface area contributed by atoms with Gasteiger partial charge in [0.25, 0.3) is 5.91 Å². The molecule has 9 nitrogen and oxygen atoms in total. The molecule has 2 N–H and O–H groups in total. The zero-order valence-electron chi connectivity index (χ0n) is 21.7. The molecule has 2 amide bonds. The van der Waals surface area contributed by atoms with Crippen LogP contribution in [0.4, 0.5) is 0 Å². The van der Waals surface area contributed by atoms with Crippen molar-refractivity contribution >= 4 is 17.5 Å². The van der Waals surface area contributed by atoms with Crippen LogP contribution in [-0.2, 0) is 11.3 Å². The molecule has 1 fully saturated rings. The number of benzene rings is 1. The van der Waals surface area contributed by atoms with Crippen molar-refractivity contribution in [3.05, 3.63) is 59.5 Å². The summed E-state index contributed by atoms with van der Waals surface area (Å²) in [5, 5.41) is 14.6. The van der Waals surface area contributed by atoms with Gasteiger partial charge < -0.3 is 15.4 Å². The molecule has 3 aromatic rings. The second-order valence-corrected chi connectivity index (χ2v) is 10.5. The molecule has 1 aromatic carbocycles. The minimum atomic E-state index is -0.397. The lowest BCUT2D eigenvalue weighted by molar-refractivity contribution is -0.135. The normalized spacial score (nSPS) is 21.5. The van der Waals surface area contributed by atoms with E-state index in [-0.39, 0.29) is 17.9 Å². The van der Waals surface area contributed by atoms with Crippen molar-refractivity contribution < 1.29 is 14.3 Å². The highest BCUT2D eigenvalue weighted by Gasteiger charge is 2.41. The lowest BCUT2D eigenvalue weighted by Gasteiger charge is -2.41. The van der Waals surface area contributed by atoms with Crippen LogP contribution in [0.5, 0.6) is 5.75 Å². The Morgan fingerprint density at radius 1 is 1.05 bits per heavy atom. The molecule has 37 heavy (non-hydrogen) atoms. The number of rotatable bonds is 2. The zero-order chi connectivity index (χ0) is 25.8. The summed E-state index contributed by atoms with van der Waals surface area (Å²) >= 11 is 0. The zero-order valence-corrected chi connectivity index (χ0v) is 21.7. The molecular weight excluding hydrogens is 468 g/mol. The molecule has 1 saturated heterocycles. The van der Waals surface area contributed by atoms with E-state index < -0.39 is 5.41 Å². The molecule has 2 aliphatic heterocycles. The van der Waals surface area contributed by atoms with Crippen molar-refractivity contribution in [1.29, 1.82) is 0 Å². The van der Waals surface area contributed by atoms with Gasteiger partial charge in [0.1, 0.15) is 18.2 Å². The number of piperidine rings is 1. The Morgan fingerprint density at radius 3 is 2.70 bits per heavy atom. The molecule has 0 saturated carbocycles. The van der Waals surface area contributed by atoms with Crippen LogP contribution < -0.4 is 15.4 Å². The van der Waals surface area contributed by atoms with Crippen molar-refractivity contribution in [2.45, 2.75) is 58.5 Å². The topological polar surface area (TPSA) is 101 Å². The average molecular weight is 505 g/mol. The van der Waals surface area contributed by atoms with E-state index in [0.29, 0.717) is 24.5 Å². The largest absolute Gasteiger partial charge is 0.491 e. The molecule has 5 rings (SSSR count). The Morgan fingerprint density at radius 2 is 1.86 bits per heavy atom. The van der Waals surface area contributed by atoms with Gasteiger partial charge in [-0.05, 0) is 76.4 Å². The number of ether oxygens (including phenoxy) is 1. The van der Waals surface area contributed by atoms with Gasteiger partial charge in [0, 0.05) is 19.3 Å². The molecule has 2 aromatic heterocycles. The number of para-hydroxylation sites is 1. The molecule has 0 aliphatic carbocycles. The van der Waals surface area contributed by atoms with E-state index in [0.717, 1.165) is 63.2 Å². The van der Waals surface area contributed by atoms with Crippen LogP contribution in [0.3, 0.4) is 0 Å². The van der Waals surface area contributed by atoms with Gasteiger partial charge in [-0.3, -0.25) is 18.9 Å². The summed E-state index contributed by atoms with van der Waals surface area (Å²) in [6.07, 6.45) is 6.28. The number of aryl methyl sites for hydroxylation is 1. The van der Waals surface area contributed by atoms with Crippen molar-refractivity contribution in [1.82, 2.24) is 30.1 Å². The maximum atomic E-state index is 13.6. The Balaban J connectivity index is 1.25. The molecule has 2 aliphatic rings. The number of likely N-dealkylation sites (tertiary alicyclic amines) is 1. The number of pyridine rings is 1. The molecule has 196 valence electrons. The van der Waals surface area contributed by atoms with Gasteiger partial charge in [0.2, 0.25) is 5.91 Å². The van der Waals surface area contributed by atoms with Crippen molar-refractivity contribution in [2.24, 2.45) is 5.41 Å². The molecule has 4 heterocycles. The molecule has 1 atom stereocenters. The number of nitrogens with zero attached hydrogens (tertiary/aromatic N) is 4. The van der Waals surface area contributed by atoms with Crippen molar-refractivity contribution in [3.63, 3.8) is 0 Å². The fourth-order valence-electron chi connectivity index (χ4n) is 5.43. The van der Waals surface area contributed by atoms with Gasteiger partial charge in [-0.2, -0.15) is 0 Å². The van der Waals surface area contributed by atoms with Crippen LogP contribution in [-0.4, -0.2) is 63.6 Å². The fraction of sp³-hybridized carbons (Fsp3) is 0.500. The number of aromatic nitrogens is 3. The quantitative estimate of drug-likeness (QED) is 0.556. The van der Waals surface area contributed by atoms with Crippen molar-refractivity contribution in [2.75, 3.05) is 26.2 Å². The highest BCUT2D eigenvalue weighted by Crippen LogP contribution is 2.37. The number of carbonyl (C=O) groups excluding carboxylic acids is 2. The second-order valence-electron chi connectivity index (χ2n) is 10.5. The van der Waals surface area contributed by atoms with E-state index in [1.807, 2.05) is 36.4 Å². The van der Waals surface area contributed by atoms with E-state index in [4.69, 9.17) is 4.74 Å². The summed E-state index contributed by atoms with van der Waals surface area (Å²) in [7, 11) is 0. The smallest absolute Gasteiger partial charge is 0.255 e. The van der Waals surface area contributed by atoms with Gasteiger partial charge in [-0.15, -0.1) is 10.2 Å². The third kappa shape index (κ3) is 5.61. The highest BCUT2D eigenvalue weighted by molar-refractivity contribution is 5.96. The van der Waals surface area contributed by atoms with Gasteiger partial charge in [0.15, 0.2) is 5.65 Å². The monoisotopic (exact) mass is 504 g/mol. The Hall–Kier alpha value is -3.46. The Bertz CT molecular complexity index is 1260. The van der Waals surface area contributed by atoms with Crippen LogP contribution in [0.15, 0.2) is 42.6 Å². The van der Waals surface area contributed by atoms with Crippen LogP contribution in [0.1, 0.15) is 60.8 Å². The lowest BCUT2D eigenvalue weighted by Crippen LogP contribution is -2.51. The molecule has 1 spiro atoms. The van der Waals surface area contributed by atoms with E-state index >= 15 is 0 Å². The summed E-state index contributed by atoms with van der Waals surface area (Å²) in [6.45, 7) is 7.36. The van der Waals surface area contributed by atoms with Crippen LogP contribution in [0.25, 0.3) is 5.65 Å². The second kappa shape index (κ2) is 10.9. The summed E-state index contributed by atoms with van der Waals surface area (Å²) in [6, 6.07) is 11.2. The number of fused-ring (bicyclic) bond motifs is 2. The fourth-order valence-corrected chi connectivity index (χ4v) is 5.43. The van der Waals surface area contributed by atoms with E-state index in [1.165, 1.54) is 5.56 Å². The number of hydrogen-bond donors (Lipinski definition) is 2. The predicted molar refractivity (Wildman–Crippen MR) is 140 cm³/mol. The lowest BCUT2D eigenvalue weighted by atomic mass is 9.73. The highest BCUT2D eigenvalue weighted by atomic mass is 16.5. The number of hydrogen-bond acceptors (Lipinski definition) is 6. The first-order valence-corrected chi connectivity index (χ1v) is 13.3. The number of amides is 2. The van der Waals surface area contributed by atoms with Gasteiger partial charge in [-0.25, -0.2) is 0 Å². The average Bonchev–Trinajstić information content (AvgIpc) is 3.27. The van der Waals surface area contributed by atoms with Crippen LogP contribution in [0, 0.1) is 12.3 Å².